The zero-order chi connectivity index (χ0) is 20.2. The Morgan fingerprint density at radius 3 is 2.72 bits per heavy atom. The number of anilines is 2. The SMILES string of the molecule is O=C1CCc2cc(OCC(=O)N(Cc3cccs3)c3ccc(F)cc3)ccc2N1. The Hall–Kier alpha value is -3.19. The maximum atomic E-state index is 13.3. The number of carbonyl (C=O) groups is 2. The molecule has 1 aliphatic rings. The Morgan fingerprint density at radius 1 is 1.14 bits per heavy atom. The fourth-order valence-corrected chi connectivity index (χ4v) is 3.87. The lowest BCUT2D eigenvalue weighted by atomic mass is 10.0. The van der Waals surface area contributed by atoms with Crippen LogP contribution in [-0.4, -0.2) is 18.4 Å². The number of halogens is 1. The smallest absolute Gasteiger partial charge is 0.265 e. The van der Waals surface area contributed by atoms with Crippen LogP contribution >= 0.6 is 11.3 Å². The largest absolute Gasteiger partial charge is 0.484 e. The molecule has 1 N–H and O–H groups in total. The number of nitrogens with one attached hydrogen (secondary N) is 1. The standard InChI is InChI=1S/C22H19FN2O3S/c23-16-4-6-17(7-5-16)25(13-19-2-1-11-29-19)22(27)14-28-18-8-9-20-15(12-18)3-10-21(26)24-20/h1-2,4-9,11-12H,3,10,13-14H2,(H,24,26). The number of carbonyl (C=O) groups excluding carboxylic acids is 2. The van der Waals surface area contributed by atoms with Crippen LogP contribution < -0.4 is 15.0 Å². The van der Waals surface area contributed by atoms with Crippen molar-refractivity contribution in [2.24, 2.45) is 0 Å². The molecule has 2 heterocycles. The first-order chi connectivity index (χ1) is 14.1. The third kappa shape index (κ3) is 4.63. The van der Waals surface area contributed by atoms with E-state index in [1.165, 1.54) is 12.1 Å². The minimum absolute atomic E-state index is 0.00450. The molecule has 29 heavy (non-hydrogen) atoms. The average molecular weight is 410 g/mol. The predicted molar refractivity (Wildman–Crippen MR) is 111 cm³/mol. The Balaban J connectivity index is 1.47. The molecule has 2 amide bonds. The zero-order valence-corrected chi connectivity index (χ0v) is 16.4. The molecule has 0 atom stereocenters. The highest BCUT2D eigenvalue weighted by atomic mass is 32.1. The number of rotatable bonds is 6. The van der Waals surface area contributed by atoms with E-state index < -0.39 is 0 Å². The first-order valence-electron chi connectivity index (χ1n) is 9.22. The summed E-state index contributed by atoms with van der Waals surface area (Å²) in [7, 11) is 0. The van der Waals surface area contributed by atoms with Crippen molar-refractivity contribution in [3.63, 3.8) is 0 Å². The van der Waals surface area contributed by atoms with Crippen molar-refractivity contribution in [2.75, 3.05) is 16.8 Å². The van der Waals surface area contributed by atoms with E-state index in [1.807, 2.05) is 23.6 Å². The summed E-state index contributed by atoms with van der Waals surface area (Å²) in [5.74, 6) is -0.000929. The fourth-order valence-electron chi connectivity index (χ4n) is 3.18. The topological polar surface area (TPSA) is 58.6 Å². The molecule has 3 aromatic rings. The molecule has 5 nitrogen and oxygen atoms in total. The Morgan fingerprint density at radius 2 is 1.97 bits per heavy atom. The number of aryl methyl sites for hydroxylation is 1. The number of thiophene rings is 1. The Kier molecular flexibility index (Phi) is 5.57. The molecule has 1 aromatic heterocycles. The normalized spacial score (nSPS) is 12.8. The second kappa shape index (κ2) is 8.45. The van der Waals surface area contributed by atoms with Crippen LogP contribution in [0.2, 0.25) is 0 Å². The van der Waals surface area contributed by atoms with Gasteiger partial charge in [-0.1, -0.05) is 6.07 Å². The Labute approximate surface area is 171 Å². The van der Waals surface area contributed by atoms with Crippen LogP contribution in [0, 0.1) is 5.82 Å². The molecule has 0 saturated carbocycles. The summed E-state index contributed by atoms with van der Waals surface area (Å²) < 4.78 is 19.0. The summed E-state index contributed by atoms with van der Waals surface area (Å²) in [4.78, 5) is 27.0. The van der Waals surface area contributed by atoms with E-state index in [0.29, 0.717) is 30.8 Å². The average Bonchev–Trinajstić information content (AvgIpc) is 3.24. The lowest BCUT2D eigenvalue weighted by Gasteiger charge is -2.23. The molecule has 0 saturated heterocycles. The van der Waals surface area contributed by atoms with Gasteiger partial charge in [0.05, 0.1) is 6.54 Å². The van der Waals surface area contributed by atoms with Crippen LogP contribution in [0.4, 0.5) is 15.8 Å². The lowest BCUT2D eigenvalue weighted by molar-refractivity contribution is -0.120. The molecular weight excluding hydrogens is 391 g/mol. The van der Waals surface area contributed by atoms with Crippen molar-refractivity contribution < 1.29 is 18.7 Å². The molecule has 2 aromatic carbocycles. The predicted octanol–water partition coefficient (Wildman–Crippen LogP) is 4.38. The summed E-state index contributed by atoms with van der Waals surface area (Å²) in [5.41, 5.74) is 2.38. The van der Waals surface area contributed by atoms with Crippen molar-refractivity contribution in [3.8, 4) is 5.75 Å². The highest BCUT2D eigenvalue weighted by molar-refractivity contribution is 7.09. The van der Waals surface area contributed by atoms with E-state index in [4.69, 9.17) is 4.74 Å². The quantitative estimate of drug-likeness (QED) is 0.656. The lowest BCUT2D eigenvalue weighted by Crippen LogP contribution is -2.34. The van der Waals surface area contributed by atoms with Crippen LogP contribution in [0.1, 0.15) is 16.9 Å². The van der Waals surface area contributed by atoms with Gasteiger partial charge in [-0.2, -0.15) is 0 Å². The summed E-state index contributed by atoms with van der Waals surface area (Å²) in [6.45, 7) is 0.246. The van der Waals surface area contributed by atoms with E-state index in [9.17, 15) is 14.0 Å². The molecular formula is C22H19FN2O3S. The third-order valence-electron chi connectivity index (χ3n) is 4.67. The second-order valence-corrected chi connectivity index (χ2v) is 7.72. The van der Waals surface area contributed by atoms with Gasteiger partial charge in [0.2, 0.25) is 5.91 Å². The van der Waals surface area contributed by atoms with Crippen LogP contribution in [-0.2, 0) is 22.6 Å². The highest BCUT2D eigenvalue weighted by Gasteiger charge is 2.19. The molecule has 0 radical (unpaired) electrons. The number of fused-ring (bicyclic) bond motifs is 1. The van der Waals surface area contributed by atoms with Crippen LogP contribution in [0.3, 0.4) is 0 Å². The Bertz CT molecular complexity index is 1020. The molecule has 0 unspecified atom stereocenters. The minimum atomic E-state index is -0.352. The molecule has 148 valence electrons. The molecule has 4 rings (SSSR count). The van der Waals surface area contributed by atoms with Crippen LogP contribution in [0.15, 0.2) is 60.0 Å². The van der Waals surface area contributed by atoms with Crippen molar-refractivity contribution in [1.29, 1.82) is 0 Å². The van der Waals surface area contributed by atoms with E-state index in [-0.39, 0.29) is 24.2 Å². The first-order valence-corrected chi connectivity index (χ1v) is 10.1. The summed E-state index contributed by atoms with van der Waals surface area (Å²) in [5, 5.41) is 4.77. The van der Waals surface area contributed by atoms with Crippen molar-refractivity contribution in [1.82, 2.24) is 0 Å². The van der Waals surface area contributed by atoms with E-state index >= 15 is 0 Å². The van der Waals surface area contributed by atoms with Crippen molar-refractivity contribution in [2.45, 2.75) is 19.4 Å². The number of benzene rings is 2. The minimum Gasteiger partial charge on any atom is -0.484 e. The van der Waals surface area contributed by atoms with E-state index in [1.54, 1.807) is 40.5 Å². The number of hydrogen-bond acceptors (Lipinski definition) is 4. The van der Waals surface area contributed by atoms with Gasteiger partial charge in [0.15, 0.2) is 6.61 Å². The monoisotopic (exact) mass is 410 g/mol. The molecule has 0 spiro atoms. The molecule has 0 fully saturated rings. The molecule has 0 aliphatic carbocycles. The van der Waals surface area contributed by atoms with Gasteiger partial charge in [0.1, 0.15) is 11.6 Å². The number of amides is 2. The van der Waals surface area contributed by atoms with Crippen LogP contribution in [0.25, 0.3) is 0 Å². The molecule has 7 heteroatoms. The van der Waals surface area contributed by atoms with Crippen molar-refractivity contribution >= 4 is 34.5 Å². The van der Waals surface area contributed by atoms with Gasteiger partial charge in [-0.25, -0.2) is 4.39 Å². The van der Waals surface area contributed by atoms with E-state index in [2.05, 4.69) is 5.32 Å². The van der Waals surface area contributed by atoms with Gasteiger partial charge in [-0.05, 0) is 65.9 Å². The van der Waals surface area contributed by atoms with Gasteiger partial charge in [-0.15, -0.1) is 11.3 Å². The van der Waals surface area contributed by atoms with Gasteiger partial charge >= 0.3 is 0 Å². The fraction of sp³-hybridized carbons (Fsp3) is 0.182. The third-order valence-corrected chi connectivity index (χ3v) is 5.53. The summed E-state index contributed by atoms with van der Waals surface area (Å²) in [6, 6.07) is 15.1. The maximum Gasteiger partial charge on any atom is 0.265 e. The summed E-state index contributed by atoms with van der Waals surface area (Å²) in [6.07, 6.45) is 1.08. The van der Waals surface area contributed by atoms with Crippen LogP contribution in [0.5, 0.6) is 5.75 Å². The van der Waals surface area contributed by atoms with E-state index in [0.717, 1.165) is 16.1 Å². The molecule has 0 bridgehead atoms. The van der Waals surface area contributed by atoms with Gasteiger partial charge in [-0.3, -0.25) is 9.59 Å². The van der Waals surface area contributed by atoms with Gasteiger partial charge in [0.25, 0.3) is 5.91 Å². The highest BCUT2D eigenvalue weighted by Crippen LogP contribution is 2.27. The van der Waals surface area contributed by atoms with Gasteiger partial charge < -0.3 is 15.0 Å². The van der Waals surface area contributed by atoms with Gasteiger partial charge in [0, 0.05) is 22.7 Å². The van der Waals surface area contributed by atoms with Crippen molar-refractivity contribution in [3.05, 3.63) is 76.2 Å². The number of nitrogens with zero attached hydrogens (tertiary/aromatic N) is 1. The number of hydrogen-bond donors (Lipinski definition) is 1. The maximum absolute atomic E-state index is 13.3. The summed E-state index contributed by atoms with van der Waals surface area (Å²) >= 11 is 1.55. The second-order valence-electron chi connectivity index (χ2n) is 6.69. The molecule has 1 aliphatic heterocycles. The zero-order valence-electron chi connectivity index (χ0n) is 15.6. The number of ether oxygens (including phenoxy) is 1. The first kappa shape index (κ1) is 19.1.